The molecule has 1 unspecified atom stereocenters. The molecule has 0 bridgehead atoms. The number of ether oxygens (including phenoxy) is 2. The number of hydrogen-bond donors (Lipinski definition) is 1. The Labute approximate surface area is 180 Å². The van der Waals surface area contributed by atoms with E-state index in [9.17, 15) is 14.4 Å². The number of nitriles is 1. The molecule has 3 aromatic rings. The number of rotatable bonds is 8. The molecule has 6 nitrogen and oxygen atoms in total. The Balaban J connectivity index is 1.59. The average molecular weight is 419 g/mol. The Morgan fingerprint density at radius 1 is 1.13 bits per heavy atom. The van der Waals surface area contributed by atoms with Crippen LogP contribution < -0.4 is 14.8 Å². The third-order valence-electron chi connectivity index (χ3n) is 4.43. The van der Waals surface area contributed by atoms with Gasteiger partial charge in [-0.15, -0.1) is 0 Å². The maximum atomic E-state index is 13.0. The van der Waals surface area contributed by atoms with Gasteiger partial charge in [-0.1, -0.05) is 32.0 Å². The van der Waals surface area contributed by atoms with Crippen molar-refractivity contribution in [1.29, 1.82) is 5.26 Å². The second-order valence-corrected chi connectivity index (χ2v) is 7.17. The zero-order valence-corrected chi connectivity index (χ0v) is 17.2. The maximum Gasteiger partial charge on any atom is 0.261 e. The third-order valence-corrected chi connectivity index (χ3v) is 4.43. The molecule has 0 spiro atoms. The van der Waals surface area contributed by atoms with Crippen molar-refractivity contribution in [3.05, 3.63) is 83.8 Å². The number of nitrogens with zero attached hydrogens (tertiary/aromatic N) is 2. The second-order valence-electron chi connectivity index (χ2n) is 7.17. The van der Waals surface area contributed by atoms with E-state index in [2.05, 4.69) is 16.4 Å². The van der Waals surface area contributed by atoms with E-state index >= 15 is 0 Å². The molecule has 1 heterocycles. The van der Waals surface area contributed by atoms with Gasteiger partial charge in [0.15, 0.2) is 6.10 Å². The minimum Gasteiger partial charge on any atom is -0.479 e. The SMILES string of the molecule is CC(C)C(Oc1ccccc1C#N)C(=O)NCc1ccc(Oc2ccc(F)cc2)nc1. The number of halogens is 1. The van der Waals surface area contributed by atoms with E-state index < -0.39 is 6.10 Å². The quantitative estimate of drug-likeness (QED) is 0.577. The van der Waals surface area contributed by atoms with Crippen LogP contribution in [0.25, 0.3) is 0 Å². The van der Waals surface area contributed by atoms with Crippen LogP contribution in [0.4, 0.5) is 4.39 Å². The first-order valence-corrected chi connectivity index (χ1v) is 9.78. The first-order chi connectivity index (χ1) is 15.0. The Kier molecular flexibility index (Phi) is 7.17. The molecular formula is C24H22FN3O3. The number of aromatic nitrogens is 1. The summed E-state index contributed by atoms with van der Waals surface area (Å²) >= 11 is 0. The average Bonchev–Trinajstić information content (AvgIpc) is 2.78. The van der Waals surface area contributed by atoms with Gasteiger partial charge in [0, 0.05) is 18.8 Å². The second kappa shape index (κ2) is 10.2. The standard InChI is InChI=1S/C24H22FN3O3/c1-16(2)23(31-21-6-4-3-5-18(21)13-26)24(29)28-15-17-7-12-22(27-14-17)30-20-10-8-19(25)9-11-20/h3-12,14,16,23H,15H2,1-2H3,(H,28,29). The summed E-state index contributed by atoms with van der Waals surface area (Å²) in [7, 11) is 0. The lowest BCUT2D eigenvalue weighted by atomic mass is 10.1. The number of carbonyl (C=O) groups is 1. The van der Waals surface area contributed by atoms with Crippen molar-refractivity contribution in [1.82, 2.24) is 10.3 Å². The van der Waals surface area contributed by atoms with Gasteiger partial charge in [-0.2, -0.15) is 5.26 Å². The monoisotopic (exact) mass is 419 g/mol. The molecule has 3 rings (SSSR count). The van der Waals surface area contributed by atoms with E-state index in [1.807, 2.05) is 13.8 Å². The number of amides is 1. The van der Waals surface area contributed by atoms with Crippen LogP contribution in [-0.4, -0.2) is 17.0 Å². The van der Waals surface area contributed by atoms with Crippen LogP contribution in [0.5, 0.6) is 17.4 Å². The highest BCUT2D eigenvalue weighted by molar-refractivity contribution is 5.81. The Morgan fingerprint density at radius 2 is 1.87 bits per heavy atom. The minimum absolute atomic E-state index is 0.101. The number of nitrogens with one attached hydrogen (secondary N) is 1. The van der Waals surface area contributed by atoms with Crippen LogP contribution >= 0.6 is 0 Å². The Bertz CT molecular complexity index is 1060. The van der Waals surface area contributed by atoms with Crippen LogP contribution in [-0.2, 0) is 11.3 Å². The Morgan fingerprint density at radius 3 is 2.52 bits per heavy atom. The van der Waals surface area contributed by atoms with E-state index in [-0.39, 0.29) is 24.2 Å². The molecule has 0 aliphatic rings. The van der Waals surface area contributed by atoms with Gasteiger partial charge >= 0.3 is 0 Å². The zero-order valence-electron chi connectivity index (χ0n) is 17.2. The van der Waals surface area contributed by atoms with Gasteiger partial charge in [-0.25, -0.2) is 9.37 Å². The van der Waals surface area contributed by atoms with Crippen molar-refractivity contribution >= 4 is 5.91 Å². The van der Waals surface area contributed by atoms with Gasteiger partial charge < -0.3 is 14.8 Å². The molecule has 158 valence electrons. The van der Waals surface area contributed by atoms with E-state index in [1.54, 1.807) is 42.6 Å². The first-order valence-electron chi connectivity index (χ1n) is 9.78. The molecular weight excluding hydrogens is 397 g/mol. The van der Waals surface area contributed by atoms with Gasteiger partial charge in [-0.05, 0) is 47.9 Å². The maximum absolute atomic E-state index is 13.0. The molecule has 1 atom stereocenters. The van der Waals surface area contributed by atoms with Gasteiger partial charge in [0.1, 0.15) is 23.4 Å². The van der Waals surface area contributed by atoms with E-state index in [4.69, 9.17) is 9.47 Å². The molecule has 0 aliphatic heterocycles. The summed E-state index contributed by atoms with van der Waals surface area (Å²) in [5.74, 6) is 0.488. The van der Waals surface area contributed by atoms with Crippen molar-refractivity contribution < 1.29 is 18.7 Å². The molecule has 0 fully saturated rings. The highest BCUT2D eigenvalue weighted by Crippen LogP contribution is 2.22. The predicted molar refractivity (Wildman–Crippen MR) is 113 cm³/mol. The van der Waals surface area contributed by atoms with Crippen LogP contribution in [0.2, 0.25) is 0 Å². The highest BCUT2D eigenvalue weighted by Gasteiger charge is 2.25. The number of carbonyl (C=O) groups excluding carboxylic acids is 1. The largest absolute Gasteiger partial charge is 0.479 e. The Hall–Kier alpha value is -3.92. The predicted octanol–water partition coefficient (Wildman–Crippen LogP) is 4.60. The van der Waals surface area contributed by atoms with Gasteiger partial charge in [0.05, 0.1) is 5.56 Å². The minimum atomic E-state index is -0.747. The van der Waals surface area contributed by atoms with Gasteiger partial charge in [0.25, 0.3) is 5.91 Å². The molecule has 0 saturated heterocycles. The third kappa shape index (κ3) is 6.03. The zero-order chi connectivity index (χ0) is 22.2. The van der Waals surface area contributed by atoms with Crippen LogP contribution in [0.1, 0.15) is 25.0 Å². The van der Waals surface area contributed by atoms with Crippen LogP contribution in [0.15, 0.2) is 66.9 Å². The summed E-state index contributed by atoms with van der Waals surface area (Å²) in [5.41, 5.74) is 1.15. The fraction of sp³-hybridized carbons (Fsp3) is 0.208. The van der Waals surface area contributed by atoms with Crippen molar-refractivity contribution in [2.24, 2.45) is 5.92 Å². The van der Waals surface area contributed by atoms with Crippen molar-refractivity contribution in [2.45, 2.75) is 26.5 Å². The molecule has 0 aliphatic carbocycles. The number of pyridine rings is 1. The fourth-order valence-corrected chi connectivity index (χ4v) is 2.78. The molecule has 2 aromatic carbocycles. The molecule has 1 amide bonds. The molecule has 0 saturated carbocycles. The fourth-order valence-electron chi connectivity index (χ4n) is 2.78. The molecule has 0 radical (unpaired) electrons. The molecule has 1 N–H and O–H groups in total. The van der Waals surface area contributed by atoms with Crippen molar-refractivity contribution in [3.63, 3.8) is 0 Å². The molecule has 31 heavy (non-hydrogen) atoms. The lowest BCUT2D eigenvalue weighted by Crippen LogP contribution is -2.41. The van der Waals surface area contributed by atoms with Crippen LogP contribution in [0, 0.1) is 23.1 Å². The topological polar surface area (TPSA) is 84.2 Å². The summed E-state index contributed by atoms with van der Waals surface area (Å²) in [6.07, 6.45) is 0.846. The summed E-state index contributed by atoms with van der Waals surface area (Å²) < 4.78 is 24.4. The van der Waals surface area contributed by atoms with Crippen molar-refractivity contribution in [3.8, 4) is 23.4 Å². The number of hydrogen-bond acceptors (Lipinski definition) is 5. The number of para-hydroxylation sites is 1. The first kappa shape index (κ1) is 21.8. The smallest absolute Gasteiger partial charge is 0.261 e. The van der Waals surface area contributed by atoms with Gasteiger partial charge in [0.2, 0.25) is 5.88 Å². The van der Waals surface area contributed by atoms with Gasteiger partial charge in [-0.3, -0.25) is 4.79 Å². The van der Waals surface area contributed by atoms with E-state index in [0.717, 1.165) is 5.56 Å². The summed E-state index contributed by atoms with van der Waals surface area (Å²) in [6.45, 7) is 4.01. The molecule has 1 aromatic heterocycles. The number of benzene rings is 2. The summed E-state index contributed by atoms with van der Waals surface area (Å²) in [6, 6.07) is 18.0. The normalized spacial score (nSPS) is 11.5. The highest BCUT2D eigenvalue weighted by atomic mass is 19.1. The van der Waals surface area contributed by atoms with Crippen molar-refractivity contribution in [2.75, 3.05) is 0 Å². The van der Waals surface area contributed by atoms with E-state index in [1.165, 1.54) is 24.3 Å². The molecule has 7 heteroatoms. The lowest BCUT2D eigenvalue weighted by Gasteiger charge is -2.22. The lowest BCUT2D eigenvalue weighted by molar-refractivity contribution is -0.130. The van der Waals surface area contributed by atoms with Crippen LogP contribution in [0.3, 0.4) is 0 Å². The summed E-state index contributed by atoms with van der Waals surface area (Å²) in [5, 5.41) is 12.1. The summed E-state index contributed by atoms with van der Waals surface area (Å²) in [4.78, 5) is 16.9. The van der Waals surface area contributed by atoms with E-state index in [0.29, 0.717) is 22.9 Å².